The fraction of sp³-hybridized carbons (Fsp3) is 0.941. The maximum absolute atomic E-state index is 5.03. The standard InChI is InChI=1S/C17H28N2S/c1-11(2)15-3-4-20-16(18-15)19-17-8-12-5-13(9-17)7-14(6-12)10-17/h11-15H,3-10H2,1-2H3,(H,18,19). The highest BCUT2D eigenvalue weighted by Gasteiger charge is 2.51. The Kier molecular flexibility index (Phi) is 3.32. The van der Waals surface area contributed by atoms with Crippen molar-refractivity contribution in [2.24, 2.45) is 28.7 Å². The highest BCUT2D eigenvalue weighted by molar-refractivity contribution is 8.13. The lowest BCUT2D eigenvalue weighted by Crippen LogP contribution is -2.59. The average molecular weight is 292 g/mol. The molecule has 4 aliphatic carbocycles. The monoisotopic (exact) mass is 292 g/mol. The van der Waals surface area contributed by atoms with Gasteiger partial charge in [0.2, 0.25) is 0 Å². The molecule has 0 aromatic heterocycles. The van der Waals surface area contributed by atoms with Crippen molar-refractivity contribution in [3.63, 3.8) is 0 Å². The number of thioether (sulfide) groups is 1. The van der Waals surface area contributed by atoms with Crippen LogP contribution in [0.1, 0.15) is 58.8 Å². The van der Waals surface area contributed by atoms with E-state index in [1.165, 1.54) is 55.9 Å². The van der Waals surface area contributed by atoms with Crippen molar-refractivity contribution in [2.45, 2.75) is 70.4 Å². The quantitative estimate of drug-likeness (QED) is 0.830. The van der Waals surface area contributed by atoms with E-state index in [4.69, 9.17) is 4.99 Å². The Bertz CT molecular complexity index is 380. The zero-order valence-corrected chi connectivity index (χ0v) is 13.7. The second-order valence-corrected chi connectivity index (χ2v) is 9.29. The third-order valence-electron chi connectivity index (χ3n) is 6.12. The van der Waals surface area contributed by atoms with Crippen LogP contribution in [0.25, 0.3) is 0 Å². The van der Waals surface area contributed by atoms with Gasteiger partial charge in [-0.3, -0.25) is 4.99 Å². The third-order valence-corrected chi connectivity index (χ3v) is 7.04. The van der Waals surface area contributed by atoms with Gasteiger partial charge in [-0.2, -0.15) is 0 Å². The van der Waals surface area contributed by atoms with E-state index >= 15 is 0 Å². The number of rotatable bonds is 2. The molecule has 0 saturated heterocycles. The molecule has 4 saturated carbocycles. The lowest BCUT2D eigenvalue weighted by molar-refractivity contribution is -0.00971. The fourth-order valence-corrected chi connectivity index (χ4v) is 6.62. The fourth-order valence-electron chi connectivity index (χ4n) is 5.57. The van der Waals surface area contributed by atoms with Crippen molar-refractivity contribution in [3.8, 4) is 0 Å². The Hall–Kier alpha value is -0.180. The Morgan fingerprint density at radius 1 is 1.10 bits per heavy atom. The molecule has 5 aliphatic rings. The Balaban J connectivity index is 1.51. The molecule has 1 N–H and O–H groups in total. The topological polar surface area (TPSA) is 24.4 Å². The second-order valence-electron chi connectivity index (χ2n) is 8.21. The van der Waals surface area contributed by atoms with E-state index in [1.807, 2.05) is 11.8 Å². The number of amidine groups is 1. The number of aliphatic imine (C=N–C) groups is 1. The molecule has 0 radical (unpaired) electrons. The van der Waals surface area contributed by atoms with Crippen molar-refractivity contribution in [1.82, 2.24) is 5.32 Å². The SMILES string of the molecule is CC(C)C1CCSC(NC23CC4CC(CC(C4)C2)C3)=N1. The van der Waals surface area contributed by atoms with Gasteiger partial charge >= 0.3 is 0 Å². The summed E-state index contributed by atoms with van der Waals surface area (Å²) in [7, 11) is 0. The molecule has 4 fully saturated rings. The number of nitrogens with zero attached hydrogens (tertiary/aromatic N) is 1. The molecule has 20 heavy (non-hydrogen) atoms. The van der Waals surface area contributed by atoms with Crippen LogP contribution < -0.4 is 5.32 Å². The highest BCUT2D eigenvalue weighted by atomic mass is 32.2. The van der Waals surface area contributed by atoms with E-state index in [1.54, 1.807) is 0 Å². The smallest absolute Gasteiger partial charge is 0.157 e. The summed E-state index contributed by atoms with van der Waals surface area (Å²) in [5.74, 6) is 4.99. The van der Waals surface area contributed by atoms with Crippen LogP contribution in [0.4, 0.5) is 0 Å². The van der Waals surface area contributed by atoms with E-state index in [2.05, 4.69) is 19.2 Å². The van der Waals surface area contributed by atoms with Crippen LogP contribution in [0.2, 0.25) is 0 Å². The molecular weight excluding hydrogens is 264 g/mol. The van der Waals surface area contributed by atoms with Crippen molar-refractivity contribution in [1.29, 1.82) is 0 Å². The van der Waals surface area contributed by atoms with E-state index in [-0.39, 0.29) is 0 Å². The van der Waals surface area contributed by atoms with Crippen LogP contribution in [-0.2, 0) is 0 Å². The summed E-state index contributed by atoms with van der Waals surface area (Å²) in [6.45, 7) is 4.62. The van der Waals surface area contributed by atoms with Crippen molar-refractivity contribution in [3.05, 3.63) is 0 Å². The summed E-state index contributed by atoms with van der Waals surface area (Å²) in [5, 5.41) is 5.24. The Labute approximate surface area is 127 Å². The summed E-state index contributed by atoms with van der Waals surface area (Å²) in [6, 6.07) is 0.549. The molecule has 1 unspecified atom stereocenters. The summed E-state index contributed by atoms with van der Waals surface area (Å²) in [4.78, 5) is 5.03. The number of hydrogen-bond donors (Lipinski definition) is 1. The van der Waals surface area contributed by atoms with Gasteiger partial charge in [0.05, 0.1) is 6.04 Å². The number of hydrogen-bond acceptors (Lipinski definition) is 3. The number of nitrogens with one attached hydrogen (secondary N) is 1. The van der Waals surface area contributed by atoms with Gasteiger partial charge in [-0.25, -0.2) is 0 Å². The van der Waals surface area contributed by atoms with Crippen LogP contribution in [0.5, 0.6) is 0 Å². The average Bonchev–Trinajstić information content (AvgIpc) is 2.36. The molecule has 1 heterocycles. The van der Waals surface area contributed by atoms with Gasteiger partial charge in [-0.1, -0.05) is 25.6 Å². The summed E-state index contributed by atoms with van der Waals surface area (Å²) in [5.41, 5.74) is 0.430. The first kappa shape index (κ1) is 13.5. The van der Waals surface area contributed by atoms with Gasteiger partial charge in [0.25, 0.3) is 0 Å². The summed E-state index contributed by atoms with van der Waals surface area (Å²) < 4.78 is 0. The molecule has 4 bridgehead atoms. The van der Waals surface area contributed by atoms with E-state index < -0.39 is 0 Å². The minimum absolute atomic E-state index is 0.430. The predicted molar refractivity (Wildman–Crippen MR) is 87.2 cm³/mol. The van der Waals surface area contributed by atoms with E-state index in [0.717, 1.165) is 17.8 Å². The zero-order valence-electron chi connectivity index (χ0n) is 12.9. The summed E-state index contributed by atoms with van der Waals surface area (Å²) in [6.07, 6.45) is 10.1. The largest absolute Gasteiger partial charge is 0.359 e. The zero-order chi connectivity index (χ0) is 13.7. The lowest BCUT2D eigenvalue weighted by Gasteiger charge is -2.57. The second kappa shape index (κ2) is 4.93. The molecule has 1 aliphatic heterocycles. The molecule has 112 valence electrons. The summed E-state index contributed by atoms with van der Waals surface area (Å²) >= 11 is 1.97. The molecule has 3 heteroatoms. The minimum Gasteiger partial charge on any atom is -0.359 e. The van der Waals surface area contributed by atoms with Crippen molar-refractivity contribution < 1.29 is 0 Å². The highest BCUT2D eigenvalue weighted by Crippen LogP contribution is 2.55. The first-order valence-electron chi connectivity index (χ1n) is 8.61. The maximum atomic E-state index is 5.03. The van der Waals surface area contributed by atoms with Crippen LogP contribution in [0.15, 0.2) is 4.99 Å². The molecule has 2 nitrogen and oxygen atoms in total. The van der Waals surface area contributed by atoms with Gasteiger partial charge in [-0.15, -0.1) is 0 Å². The molecule has 0 aromatic rings. The van der Waals surface area contributed by atoms with Gasteiger partial charge < -0.3 is 5.32 Å². The third kappa shape index (κ3) is 2.40. The maximum Gasteiger partial charge on any atom is 0.157 e. The van der Waals surface area contributed by atoms with Gasteiger partial charge in [0.15, 0.2) is 5.17 Å². The molecular formula is C17H28N2S. The van der Waals surface area contributed by atoms with Gasteiger partial charge in [-0.05, 0) is 68.6 Å². The van der Waals surface area contributed by atoms with Crippen LogP contribution >= 0.6 is 11.8 Å². The van der Waals surface area contributed by atoms with Gasteiger partial charge in [0.1, 0.15) is 0 Å². The van der Waals surface area contributed by atoms with Crippen LogP contribution in [0, 0.1) is 23.7 Å². The van der Waals surface area contributed by atoms with Gasteiger partial charge in [0, 0.05) is 11.3 Å². The van der Waals surface area contributed by atoms with Crippen LogP contribution in [-0.4, -0.2) is 22.5 Å². The molecule has 1 atom stereocenters. The normalized spacial score (nSPS) is 46.6. The van der Waals surface area contributed by atoms with Crippen LogP contribution in [0.3, 0.4) is 0 Å². The molecule has 0 amide bonds. The Morgan fingerprint density at radius 2 is 1.70 bits per heavy atom. The predicted octanol–water partition coefficient (Wildman–Crippen LogP) is 4.06. The van der Waals surface area contributed by atoms with E-state index in [9.17, 15) is 0 Å². The Morgan fingerprint density at radius 3 is 2.25 bits per heavy atom. The lowest BCUT2D eigenvalue weighted by atomic mass is 9.53. The minimum atomic E-state index is 0.430. The first-order valence-corrected chi connectivity index (χ1v) is 9.59. The van der Waals surface area contributed by atoms with E-state index in [0.29, 0.717) is 17.5 Å². The van der Waals surface area contributed by atoms with Crippen molar-refractivity contribution in [2.75, 3.05) is 5.75 Å². The first-order chi connectivity index (χ1) is 9.62. The van der Waals surface area contributed by atoms with Crippen molar-refractivity contribution >= 4 is 16.9 Å². The molecule has 0 aromatic carbocycles. The molecule has 5 rings (SSSR count). The molecule has 0 spiro atoms.